The summed E-state index contributed by atoms with van der Waals surface area (Å²) in [6, 6.07) is 13.0. The first-order valence-electron chi connectivity index (χ1n) is 8.69. The molecule has 0 radical (unpaired) electrons. The second kappa shape index (κ2) is 8.43. The molecule has 0 aliphatic carbocycles. The predicted molar refractivity (Wildman–Crippen MR) is 108 cm³/mol. The molecule has 6 nitrogen and oxygen atoms in total. The zero-order valence-electron chi connectivity index (χ0n) is 16.3. The first-order valence-corrected chi connectivity index (χ1v) is 8.69. The summed E-state index contributed by atoms with van der Waals surface area (Å²) >= 11 is 0. The predicted octanol–water partition coefficient (Wildman–Crippen LogP) is 4.34. The van der Waals surface area contributed by atoms with Crippen LogP contribution in [0, 0.1) is 6.92 Å². The molecule has 0 bridgehead atoms. The third-order valence-corrected chi connectivity index (χ3v) is 4.39. The first-order chi connectivity index (χ1) is 13.6. The Labute approximate surface area is 164 Å². The van der Waals surface area contributed by atoms with Crippen molar-refractivity contribution in [2.24, 2.45) is 0 Å². The average molecular weight is 378 g/mol. The number of methoxy groups -OCH3 is 3. The number of aromatic nitrogens is 1. The van der Waals surface area contributed by atoms with E-state index >= 15 is 0 Å². The van der Waals surface area contributed by atoms with Crippen LogP contribution in [0.15, 0.2) is 54.9 Å². The van der Waals surface area contributed by atoms with E-state index in [-0.39, 0.29) is 5.91 Å². The molecular weight excluding hydrogens is 356 g/mol. The minimum Gasteiger partial charge on any atom is -0.493 e. The number of aryl methyl sites for hydroxylation is 1. The van der Waals surface area contributed by atoms with Gasteiger partial charge in [-0.1, -0.05) is 18.2 Å². The average Bonchev–Trinajstić information content (AvgIpc) is 2.74. The van der Waals surface area contributed by atoms with Crippen LogP contribution < -0.4 is 19.5 Å². The van der Waals surface area contributed by atoms with Gasteiger partial charge in [0.2, 0.25) is 5.75 Å². The molecule has 28 heavy (non-hydrogen) atoms. The molecule has 6 heteroatoms. The normalized spacial score (nSPS) is 10.3. The number of anilines is 1. The van der Waals surface area contributed by atoms with Gasteiger partial charge in [-0.25, -0.2) is 0 Å². The van der Waals surface area contributed by atoms with Crippen molar-refractivity contribution in [1.29, 1.82) is 0 Å². The van der Waals surface area contributed by atoms with Crippen LogP contribution >= 0.6 is 0 Å². The van der Waals surface area contributed by atoms with E-state index in [1.54, 1.807) is 33.6 Å². The number of benzene rings is 2. The third-order valence-electron chi connectivity index (χ3n) is 4.39. The Morgan fingerprint density at radius 1 is 0.893 bits per heavy atom. The fourth-order valence-electron chi connectivity index (χ4n) is 2.88. The Hall–Kier alpha value is -3.54. The van der Waals surface area contributed by atoms with Crippen molar-refractivity contribution in [3.8, 4) is 28.4 Å². The molecule has 0 saturated heterocycles. The molecule has 0 atom stereocenters. The molecule has 1 amide bonds. The van der Waals surface area contributed by atoms with Gasteiger partial charge in [-0.2, -0.15) is 0 Å². The van der Waals surface area contributed by atoms with Gasteiger partial charge >= 0.3 is 0 Å². The molecule has 0 aliphatic heterocycles. The highest BCUT2D eigenvalue weighted by atomic mass is 16.5. The van der Waals surface area contributed by atoms with Crippen LogP contribution in [0.25, 0.3) is 11.1 Å². The standard InChI is InChI=1S/C22H22N2O4/c1-14-7-5-6-8-18(14)24-22(25)17-9-16(12-23-13-17)15-10-19(26-2)21(28-4)20(11-15)27-3/h5-13H,1-4H3,(H,24,25). The van der Waals surface area contributed by atoms with Gasteiger partial charge in [0.1, 0.15) is 0 Å². The zero-order chi connectivity index (χ0) is 20.1. The number of carbonyl (C=O) groups excluding carboxylic acids is 1. The second-order valence-corrected chi connectivity index (χ2v) is 6.15. The van der Waals surface area contributed by atoms with Crippen molar-refractivity contribution in [1.82, 2.24) is 4.98 Å². The van der Waals surface area contributed by atoms with Crippen LogP contribution in [0.2, 0.25) is 0 Å². The third kappa shape index (κ3) is 3.91. The van der Waals surface area contributed by atoms with E-state index in [9.17, 15) is 4.79 Å². The highest BCUT2D eigenvalue weighted by molar-refractivity contribution is 6.05. The molecule has 0 aliphatic rings. The SMILES string of the molecule is COc1cc(-c2cncc(C(=O)Nc3ccccc3C)c2)cc(OC)c1OC. The first kappa shape index (κ1) is 19.2. The summed E-state index contributed by atoms with van der Waals surface area (Å²) in [5, 5.41) is 2.92. The van der Waals surface area contributed by atoms with E-state index in [1.165, 1.54) is 6.20 Å². The van der Waals surface area contributed by atoms with E-state index in [2.05, 4.69) is 10.3 Å². The Morgan fingerprint density at radius 2 is 1.57 bits per heavy atom. The molecule has 0 fully saturated rings. The topological polar surface area (TPSA) is 69.7 Å². The van der Waals surface area contributed by atoms with Crippen LogP contribution in [-0.4, -0.2) is 32.2 Å². The maximum absolute atomic E-state index is 12.7. The van der Waals surface area contributed by atoms with Crippen LogP contribution in [0.3, 0.4) is 0 Å². The molecular formula is C22H22N2O4. The molecule has 144 valence electrons. The molecule has 3 aromatic rings. The number of para-hydroxylation sites is 1. The summed E-state index contributed by atoms with van der Waals surface area (Å²) in [4.78, 5) is 16.9. The molecule has 3 rings (SSSR count). The van der Waals surface area contributed by atoms with Crippen LogP contribution in [0.1, 0.15) is 15.9 Å². The van der Waals surface area contributed by atoms with Gasteiger partial charge in [-0.3, -0.25) is 9.78 Å². The van der Waals surface area contributed by atoms with Crippen molar-refractivity contribution in [3.63, 3.8) is 0 Å². The maximum Gasteiger partial charge on any atom is 0.257 e. The van der Waals surface area contributed by atoms with E-state index in [1.807, 2.05) is 43.3 Å². The number of rotatable bonds is 6. The van der Waals surface area contributed by atoms with E-state index in [0.29, 0.717) is 22.8 Å². The van der Waals surface area contributed by atoms with Gasteiger partial charge in [0.05, 0.1) is 26.9 Å². The van der Waals surface area contributed by atoms with Crippen molar-refractivity contribution >= 4 is 11.6 Å². The van der Waals surface area contributed by atoms with Crippen molar-refractivity contribution in [2.45, 2.75) is 6.92 Å². The summed E-state index contributed by atoms with van der Waals surface area (Å²) in [6.07, 6.45) is 3.22. The largest absolute Gasteiger partial charge is 0.493 e. The van der Waals surface area contributed by atoms with Gasteiger partial charge in [0.25, 0.3) is 5.91 Å². The van der Waals surface area contributed by atoms with Crippen LogP contribution in [0.4, 0.5) is 5.69 Å². The van der Waals surface area contributed by atoms with E-state index < -0.39 is 0 Å². The summed E-state index contributed by atoms with van der Waals surface area (Å²) < 4.78 is 16.2. The highest BCUT2D eigenvalue weighted by Gasteiger charge is 2.15. The lowest BCUT2D eigenvalue weighted by molar-refractivity contribution is 0.102. The summed E-state index contributed by atoms with van der Waals surface area (Å²) in [5.74, 6) is 1.35. The molecule has 1 N–H and O–H groups in total. The van der Waals surface area contributed by atoms with Crippen LogP contribution in [-0.2, 0) is 0 Å². The number of amides is 1. The summed E-state index contributed by atoms with van der Waals surface area (Å²) in [7, 11) is 4.68. The van der Waals surface area contributed by atoms with Gasteiger partial charge in [-0.05, 0) is 42.3 Å². The highest BCUT2D eigenvalue weighted by Crippen LogP contribution is 2.41. The van der Waals surface area contributed by atoms with Crippen LogP contribution in [0.5, 0.6) is 17.2 Å². The Morgan fingerprint density at radius 3 is 2.18 bits per heavy atom. The number of hydrogen-bond donors (Lipinski definition) is 1. The Balaban J connectivity index is 1.95. The number of carbonyl (C=O) groups is 1. The molecule has 0 unspecified atom stereocenters. The lowest BCUT2D eigenvalue weighted by Gasteiger charge is -2.14. The minimum absolute atomic E-state index is 0.226. The van der Waals surface area contributed by atoms with Gasteiger partial charge in [0, 0.05) is 23.6 Å². The molecule has 0 spiro atoms. The zero-order valence-corrected chi connectivity index (χ0v) is 16.3. The Kier molecular flexibility index (Phi) is 5.79. The van der Waals surface area contributed by atoms with Gasteiger partial charge in [-0.15, -0.1) is 0 Å². The number of nitrogens with zero attached hydrogens (tertiary/aromatic N) is 1. The van der Waals surface area contributed by atoms with E-state index in [4.69, 9.17) is 14.2 Å². The minimum atomic E-state index is -0.226. The van der Waals surface area contributed by atoms with Gasteiger partial charge < -0.3 is 19.5 Å². The molecule has 0 saturated carbocycles. The quantitative estimate of drug-likeness (QED) is 0.691. The number of ether oxygens (including phenoxy) is 3. The fraction of sp³-hybridized carbons (Fsp3) is 0.182. The smallest absolute Gasteiger partial charge is 0.257 e. The second-order valence-electron chi connectivity index (χ2n) is 6.15. The van der Waals surface area contributed by atoms with Crippen molar-refractivity contribution < 1.29 is 19.0 Å². The Bertz CT molecular complexity index is 976. The lowest BCUT2D eigenvalue weighted by atomic mass is 10.0. The molecule has 2 aromatic carbocycles. The van der Waals surface area contributed by atoms with E-state index in [0.717, 1.165) is 22.4 Å². The van der Waals surface area contributed by atoms with Crippen molar-refractivity contribution in [2.75, 3.05) is 26.6 Å². The molecule has 1 aromatic heterocycles. The monoisotopic (exact) mass is 378 g/mol. The fourth-order valence-corrected chi connectivity index (χ4v) is 2.88. The summed E-state index contributed by atoms with van der Waals surface area (Å²) in [6.45, 7) is 1.94. The number of nitrogens with one attached hydrogen (secondary N) is 1. The maximum atomic E-state index is 12.7. The number of pyridine rings is 1. The lowest BCUT2D eigenvalue weighted by Crippen LogP contribution is -2.13. The van der Waals surface area contributed by atoms with Gasteiger partial charge in [0.15, 0.2) is 11.5 Å². The summed E-state index contributed by atoms with van der Waals surface area (Å²) in [5.41, 5.74) is 3.77. The van der Waals surface area contributed by atoms with Crippen molar-refractivity contribution in [3.05, 3.63) is 66.0 Å². The molecule has 1 heterocycles. The number of hydrogen-bond acceptors (Lipinski definition) is 5.